The van der Waals surface area contributed by atoms with E-state index in [0.717, 1.165) is 18.6 Å². The first kappa shape index (κ1) is 14.9. The second-order valence-electron chi connectivity index (χ2n) is 6.35. The zero-order chi connectivity index (χ0) is 15.0. The summed E-state index contributed by atoms with van der Waals surface area (Å²) in [6.45, 7) is 6.58. The molecule has 0 bridgehead atoms. The highest BCUT2D eigenvalue weighted by atomic mass is 32.2. The summed E-state index contributed by atoms with van der Waals surface area (Å²) in [5.41, 5.74) is 2.75. The Bertz CT molecular complexity index is 547. The minimum atomic E-state index is 0.0195. The van der Waals surface area contributed by atoms with Crippen molar-refractivity contribution in [1.82, 2.24) is 10.6 Å². The highest BCUT2D eigenvalue weighted by Crippen LogP contribution is 2.49. The Kier molecular flexibility index (Phi) is 4.02. The van der Waals surface area contributed by atoms with Crippen LogP contribution in [0.2, 0.25) is 0 Å². The van der Waals surface area contributed by atoms with Crippen molar-refractivity contribution >= 4 is 17.7 Å². The van der Waals surface area contributed by atoms with Crippen LogP contribution in [0.15, 0.2) is 24.3 Å². The molecule has 1 saturated heterocycles. The number of nitrogens with one attached hydrogen (secondary N) is 2. The summed E-state index contributed by atoms with van der Waals surface area (Å²) in [7, 11) is 0. The van der Waals surface area contributed by atoms with Gasteiger partial charge in [0.25, 0.3) is 0 Å². The summed E-state index contributed by atoms with van der Waals surface area (Å²) in [4.78, 5) is 12.7. The van der Waals surface area contributed by atoms with Crippen molar-refractivity contribution in [2.45, 2.75) is 45.2 Å². The second-order valence-corrected chi connectivity index (χ2v) is 7.73. The lowest BCUT2D eigenvalue weighted by atomic mass is 9.61. The van der Waals surface area contributed by atoms with Crippen LogP contribution in [-0.2, 0) is 11.2 Å². The molecular weight excluding hydrogens is 280 g/mol. The van der Waals surface area contributed by atoms with Gasteiger partial charge in [0.15, 0.2) is 0 Å². The van der Waals surface area contributed by atoms with E-state index in [-0.39, 0.29) is 28.8 Å². The molecular formula is C17H24N2OS. The number of fused-ring (bicyclic) bond motifs is 3. The first-order valence-electron chi connectivity index (χ1n) is 7.85. The Balaban J connectivity index is 2.03. The van der Waals surface area contributed by atoms with Gasteiger partial charge in [0.05, 0.1) is 5.92 Å². The summed E-state index contributed by atoms with van der Waals surface area (Å²) in [5, 5.41) is 6.81. The largest absolute Gasteiger partial charge is 0.331 e. The summed E-state index contributed by atoms with van der Waals surface area (Å²) < 4.78 is 0. The maximum Gasteiger partial charge on any atom is 0.227 e. The lowest BCUT2D eigenvalue weighted by Crippen LogP contribution is -2.61. The molecule has 2 aliphatic rings. The summed E-state index contributed by atoms with van der Waals surface area (Å²) >= 11 is 1.75. The molecule has 4 heteroatoms. The van der Waals surface area contributed by atoms with Crippen LogP contribution in [0.4, 0.5) is 0 Å². The van der Waals surface area contributed by atoms with Crippen LogP contribution in [-0.4, -0.2) is 17.2 Å². The standard InChI is InChI=1S/C17H24N2OS/c1-4-17(3)10-11-8-6-7-9-12(11)14-13(17)15(20)19-16(18-14)21-5-2/h6-9,13-14,16,18H,4-5,10H2,1-3H3,(H,19,20). The van der Waals surface area contributed by atoms with E-state index in [1.807, 2.05) is 0 Å². The summed E-state index contributed by atoms with van der Waals surface area (Å²) in [5.74, 6) is 1.22. The first-order chi connectivity index (χ1) is 10.1. The zero-order valence-electron chi connectivity index (χ0n) is 13.0. The number of carbonyl (C=O) groups excluding carboxylic acids is 1. The van der Waals surface area contributed by atoms with Gasteiger partial charge in [-0.25, -0.2) is 0 Å². The van der Waals surface area contributed by atoms with E-state index >= 15 is 0 Å². The number of carbonyl (C=O) groups is 1. The molecule has 3 nitrogen and oxygen atoms in total. The van der Waals surface area contributed by atoms with E-state index < -0.39 is 0 Å². The van der Waals surface area contributed by atoms with Gasteiger partial charge in [-0.2, -0.15) is 0 Å². The van der Waals surface area contributed by atoms with E-state index in [1.54, 1.807) is 11.8 Å². The van der Waals surface area contributed by atoms with E-state index in [4.69, 9.17) is 0 Å². The molecule has 0 saturated carbocycles. The van der Waals surface area contributed by atoms with Crippen molar-refractivity contribution in [1.29, 1.82) is 0 Å². The van der Waals surface area contributed by atoms with Crippen molar-refractivity contribution in [3.8, 4) is 0 Å². The molecule has 0 radical (unpaired) electrons. The van der Waals surface area contributed by atoms with Gasteiger partial charge in [-0.15, -0.1) is 11.8 Å². The molecule has 1 amide bonds. The topological polar surface area (TPSA) is 41.1 Å². The molecule has 0 spiro atoms. The molecule has 1 fully saturated rings. The van der Waals surface area contributed by atoms with Gasteiger partial charge >= 0.3 is 0 Å². The van der Waals surface area contributed by atoms with Gasteiger partial charge in [-0.1, -0.05) is 45.0 Å². The number of hydrogen-bond acceptors (Lipinski definition) is 3. The highest BCUT2D eigenvalue weighted by molar-refractivity contribution is 7.99. The maximum absolute atomic E-state index is 12.7. The van der Waals surface area contributed by atoms with E-state index in [2.05, 4.69) is 55.7 Å². The number of thioether (sulfide) groups is 1. The fourth-order valence-electron chi connectivity index (χ4n) is 3.80. The fourth-order valence-corrected chi connectivity index (χ4v) is 4.58. The lowest BCUT2D eigenvalue weighted by Gasteiger charge is -2.50. The van der Waals surface area contributed by atoms with Crippen LogP contribution in [0.1, 0.15) is 44.4 Å². The monoisotopic (exact) mass is 304 g/mol. The summed E-state index contributed by atoms with van der Waals surface area (Å²) in [6, 6.07) is 8.73. The van der Waals surface area contributed by atoms with Crippen LogP contribution in [0.5, 0.6) is 0 Å². The third-order valence-electron chi connectivity index (χ3n) is 5.10. The highest BCUT2D eigenvalue weighted by Gasteiger charge is 2.50. The fraction of sp³-hybridized carbons (Fsp3) is 0.588. The molecule has 114 valence electrons. The van der Waals surface area contributed by atoms with Crippen molar-refractivity contribution in [3.63, 3.8) is 0 Å². The predicted octanol–water partition coefficient (Wildman–Crippen LogP) is 3.07. The number of amides is 1. The van der Waals surface area contributed by atoms with Crippen LogP contribution in [0, 0.1) is 11.3 Å². The van der Waals surface area contributed by atoms with E-state index in [1.165, 1.54) is 11.1 Å². The molecule has 1 aliphatic carbocycles. The predicted molar refractivity (Wildman–Crippen MR) is 88.0 cm³/mol. The van der Waals surface area contributed by atoms with Gasteiger partial charge in [-0.05, 0) is 35.1 Å². The molecule has 3 rings (SSSR count). The van der Waals surface area contributed by atoms with Crippen molar-refractivity contribution in [2.24, 2.45) is 11.3 Å². The van der Waals surface area contributed by atoms with Gasteiger partial charge in [0.1, 0.15) is 5.50 Å². The minimum absolute atomic E-state index is 0.0195. The Morgan fingerprint density at radius 2 is 2.10 bits per heavy atom. The van der Waals surface area contributed by atoms with E-state index in [9.17, 15) is 4.79 Å². The quantitative estimate of drug-likeness (QED) is 0.902. The molecule has 1 aromatic carbocycles. The maximum atomic E-state index is 12.7. The van der Waals surface area contributed by atoms with Crippen LogP contribution >= 0.6 is 11.8 Å². The molecule has 1 aromatic rings. The number of hydrogen-bond donors (Lipinski definition) is 2. The Morgan fingerprint density at radius 1 is 1.33 bits per heavy atom. The SMILES string of the molecule is CCSC1NC(=O)C2C(N1)c1ccccc1CC2(C)CC. The third kappa shape index (κ3) is 2.49. The normalized spacial score (nSPS) is 34.8. The smallest absolute Gasteiger partial charge is 0.227 e. The van der Waals surface area contributed by atoms with Crippen molar-refractivity contribution < 1.29 is 4.79 Å². The molecule has 4 atom stereocenters. The van der Waals surface area contributed by atoms with Crippen LogP contribution in [0.25, 0.3) is 0 Å². The molecule has 4 unspecified atom stereocenters. The van der Waals surface area contributed by atoms with Gasteiger partial charge in [0.2, 0.25) is 5.91 Å². The molecule has 21 heavy (non-hydrogen) atoms. The van der Waals surface area contributed by atoms with Gasteiger partial charge in [0, 0.05) is 6.04 Å². The molecule has 2 N–H and O–H groups in total. The molecule has 1 aliphatic heterocycles. The Labute approximate surface area is 131 Å². The lowest BCUT2D eigenvalue weighted by molar-refractivity contribution is -0.134. The number of rotatable bonds is 3. The minimum Gasteiger partial charge on any atom is -0.331 e. The van der Waals surface area contributed by atoms with Crippen LogP contribution < -0.4 is 10.6 Å². The van der Waals surface area contributed by atoms with Crippen molar-refractivity contribution in [3.05, 3.63) is 35.4 Å². The van der Waals surface area contributed by atoms with Crippen LogP contribution in [0.3, 0.4) is 0 Å². The van der Waals surface area contributed by atoms with Gasteiger partial charge in [-0.3, -0.25) is 10.1 Å². The summed E-state index contributed by atoms with van der Waals surface area (Å²) in [6.07, 6.45) is 2.00. The average molecular weight is 304 g/mol. The number of benzene rings is 1. The average Bonchev–Trinajstić information content (AvgIpc) is 2.47. The molecule has 0 aromatic heterocycles. The zero-order valence-corrected chi connectivity index (χ0v) is 13.8. The second kappa shape index (κ2) is 5.65. The first-order valence-corrected chi connectivity index (χ1v) is 8.89. The molecule has 1 heterocycles. The Hall–Kier alpha value is -1.00. The van der Waals surface area contributed by atoms with Gasteiger partial charge < -0.3 is 5.32 Å². The third-order valence-corrected chi connectivity index (χ3v) is 6.02. The Morgan fingerprint density at radius 3 is 2.81 bits per heavy atom. The van der Waals surface area contributed by atoms with Crippen molar-refractivity contribution in [2.75, 3.05) is 5.75 Å². The van der Waals surface area contributed by atoms with E-state index in [0.29, 0.717) is 0 Å².